The van der Waals surface area contributed by atoms with Gasteiger partial charge in [0.2, 0.25) is 5.91 Å². The maximum Gasteiger partial charge on any atom is 0.410 e. The summed E-state index contributed by atoms with van der Waals surface area (Å²) in [4.78, 5) is 39.4. The van der Waals surface area contributed by atoms with Gasteiger partial charge in [-0.05, 0) is 42.4 Å². The van der Waals surface area contributed by atoms with Crippen LogP contribution in [0.1, 0.15) is 35.2 Å². The molecular weight excluding hydrogens is 448 g/mol. The first kappa shape index (κ1) is 20.6. The molecule has 2 aromatic rings. The van der Waals surface area contributed by atoms with Crippen LogP contribution in [-0.2, 0) is 16.1 Å². The van der Waals surface area contributed by atoms with Crippen molar-refractivity contribution in [2.45, 2.75) is 31.9 Å². The fraction of sp³-hybridized carbons (Fsp3) is 0.348. The molecular formula is C23H23BrN2O4. The molecule has 6 nitrogen and oxygen atoms in total. The van der Waals surface area contributed by atoms with Crippen molar-refractivity contribution in [3.8, 4) is 0 Å². The summed E-state index contributed by atoms with van der Waals surface area (Å²) in [5, 5.41) is 2.71. The molecule has 1 heterocycles. The SMILES string of the molecule is O=C(CNC(=O)[C@@H]1CC2(CC2)CN1C(=O)OCc1ccccc1)c1ccc(Br)cc1. The first-order valence-electron chi connectivity index (χ1n) is 10.00. The smallest absolute Gasteiger partial charge is 0.410 e. The highest BCUT2D eigenvalue weighted by Crippen LogP contribution is 2.54. The molecule has 1 N–H and O–H groups in total. The highest BCUT2D eigenvalue weighted by Gasteiger charge is 2.55. The molecule has 2 amide bonds. The van der Waals surface area contributed by atoms with E-state index in [1.807, 2.05) is 30.3 Å². The Morgan fingerprint density at radius 2 is 1.77 bits per heavy atom. The lowest BCUT2D eigenvalue weighted by molar-refractivity contribution is -0.125. The molecule has 1 atom stereocenters. The molecule has 156 valence electrons. The monoisotopic (exact) mass is 470 g/mol. The molecule has 7 heteroatoms. The number of ether oxygens (including phenoxy) is 1. The van der Waals surface area contributed by atoms with E-state index in [1.165, 1.54) is 4.90 Å². The number of hydrogen-bond acceptors (Lipinski definition) is 4. The van der Waals surface area contributed by atoms with Gasteiger partial charge in [-0.15, -0.1) is 0 Å². The van der Waals surface area contributed by atoms with Crippen molar-refractivity contribution in [1.82, 2.24) is 10.2 Å². The maximum atomic E-state index is 12.8. The average Bonchev–Trinajstić information content (AvgIpc) is 3.41. The third kappa shape index (κ3) is 4.73. The van der Waals surface area contributed by atoms with Gasteiger partial charge in [-0.3, -0.25) is 14.5 Å². The molecule has 0 radical (unpaired) electrons. The van der Waals surface area contributed by atoms with Crippen LogP contribution in [0.15, 0.2) is 59.1 Å². The molecule has 1 saturated heterocycles. The number of hydrogen-bond donors (Lipinski definition) is 1. The van der Waals surface area contributed by atoms with Crippen LogP contribution in [0.5, 0.6) is 0 Å². The van der Waals surface area contributed by atoms with Gasteiger partial charge in [0.15, 0.2) is 5.78 Å². The van der Waals surface area contributed by atoms with E-state index in [-0.39, 0.29) is 30.3 Å². The number of benzene rings is 2. The van der Waals surface area contributed by atoms with Gasteiger partial charge in [-0.1, -0.05) is 58.4 Å². The summed E-state index contributed by atoms with van der Waals surface area (Å²) in [5.41, 5.74) is 1.46. The number of carbonyl (C=O) groups excluding carboxylic acids is 3. The highest BCUT2D eigenvalue weighted by atomic mass is 79.9. The Hall–Kier alpha value is -2.67. The van der Waals surface area contributed by atoms with Crippen LogP contribution >= 0.6 is 15.9 Å². The van der Waals surface area contributed by atoms with Gasteiger partial charge >= 0.3 is 6.09 Å². The second kappa shape index (κ2) is 8.60. The average molecular weight is 471 g/mol. The zero-order valence-corrected chi connectivity index (χ0v) is 18.1. The van der Waals surface area contributed by atoms with Gasteiger partial charge in [0.1, 0.15) is 12.6 Å². The Labute approximate surface area is 183 Å². The lowest BCUT2D eigenvalue weighted by Crippen LogP contribution is -2.47. The van der Waals surface area contributed by atoms with Crippen LogP contribution in [0, 0.1) is 5.41 Å². The topological polar surface area (TPSA) is 75.7 Å². The summed E-state index contributed by atoms with van der Waals surface area (Å²) >= 11 is 3.34. The maximum absolute atomic E-state index is 12.8. The van der Waals surface area contributed by atoms with E-state index in [1.54, 1.807) is 24.3 Å². The molecule has 1 aliphatic carbocycles. The van der Waals surface area contributed by atoms with E-state index < -0.39 is 12.1 Å². The summed E-state index contributed by atoms with van der Waals surface area (Å²) in [5.74, 6) is -0.478. The largest absolute Gasteiger partial charge is 0.445 e. The molecule has 2 aliphatic rings. The minimum absolute atomic E-state index is 0.0312. The van der Waals surface area contributed by atoms with Gasteiger partial charge in [0, 0.05) is 16.6 Å². The Bertz CT molecular complexity index is 941. The Balaban J connectivity index is 1.35. The fourth-order valence-corrected chi connectivity index (χ4v) is 4.11. The zero-order valence-electron chi connectivity index (χ0n) is 16.5. The van der Waals surface area contributed by atoms with Crippen LogP contribution in [0.4, 0.5) is 4.79 Å². The van der Waals surface area contributed by atoms with E-state index in [2.05, 4.69) is 21.2 Å². The van der Waals surface area contributed by atoms with Crippen LogP contribution in [0.3, 0.4) is 0 Å². The zero-order chi connectivity index (χ0) is 21.1. The quantitative estimate of drug-likeness (QED) is 0.648. The molecule has 0 bridgehead atoms. The van der Waals surface area contributed by atoms with E-state index in [9.17, 15) is 14.4 Å². The minimum Gasteiger partial charge on any atom is -0.445 e. The van der Waals surface area contributed by atoms with E-state index in [4.69, 9.17) is 4.74 Å². The van der Waals surface area contributed by atoms with Crippen LogP contribution < -0.4 is 5.32 Å². The molecule has 2 aromatic carbocycles. The number of nitrogens with one attached hydrogen (secondary N) is 1. The van der Waals surface area contributed by atoms with Crippen molar-refractivity contribution in [2.75, 3.05) is 13.1 Å². The molecule has 1 spiro atoms. The number of ketones is 1. The van der Waals surface area contributed by atoms with Crippen molar-refractivity contribution >= 4 is 33.7 Å². The standard InChI is InChI=1S/C23H23BrN2O4/c24-18-8-6-17(7-9-18)20(27)13-25-21(28)19-12-23(10-11-23)15-26(19)22(29)30-14-16-4-2-1-3-5-16/h1-9,19H,10-15H2,(H,25,28)/t19-/m0/s1. The van der Waals surface area contributed by atoms with Crippen molar-refractivity contribution in [3.63, 3.8) is 0 Å². The summed E-state index contributed by atoms with van der Waals surface area (Å²) in [7, 11) is 0. The predicted octanol–water partition coefficient (Wildman–Crippen LogP) is 3.94. The molecule has 4 rings (SSSR count). The summed E-state index contributed by atoms with van der Waals surface area (Å²) in [6.07, 6.45) is 2.15. The lowest BCUT2D eigenvalue weighted by atomic mass is 10.0. The van der Waals surface area contributed by atoms with E-state index in [0.717, 1.165) is 22.9 Å². The van der Waals surface area contributed by atoms with Gasteiger partial charge in [0.25, 0.3) is 0 Å². The second-order valence-corrected chi connectivity index (χ2v) is 8.95. The number of carbonyl (C=O) groups is 3. The first-order chi connectivity index (χ1) is 14.5. The fourth-order valence-electron chi connectivity index (χ4n) is 3.85. The van der Waals surface area contributed by atoms with Crippen LogP contribution in [-0.4, -0.2) is 41.8 Å². The molecule has 1 saturated carbocycles. The number of halogens is 1. The summed E-state index contributed by atoms with van der Waals surface area (Å²) in [6, 6.07) is 15.8. The Kier molecular flexibility index (Phi) is 5.90. The number of rotatable bonds is 6. The Morgan fingerprint density at radius 1 is 1.07 bits per heavy atom. The van der Waals surface area contributed by atoms with E-state index >= 15 is 0 Å². The minimum atomic E-state index is -0.603. The van der Waals surface area contributed by atoms with Crippen LogP contribution in [0.25, 0.3) is 0 Å². The number of likely N-dealkylation sites (tertiary alicyclic amines) is 1. The first-order valence-corrected chi connectivity index (χ1v) is 10.8. The van der Waals surface area contributed by atoms with Gasteiger partial charge in [0.05, 0.1) is 6.54 Å². The molecule has 30 heavy (non-hydrogen) atoms. The second-order valence-electron chi connectivity index (χ2n) is 8.04. The Morgan fingerprint density at radius 3 is 2.43 bits per heavy atom. The number of nitrogens with zero attached hydrogens (tertiary/aromatic N) is 1. The highest BCUT2D eigenvalue weighted by molar-refractivity contribution is 9.10. The molecule has 0 unspecified atom stereocenters. The van der Waals surface area contributed by atoms with Crippen molar-refractivity contribution < 1.29 is 19.1 Å². The van der Waals surface area contributed by atoms with Crippen LogP contribution in [0.2, 0.25) is 0 Å². The number of Topliss-reactive ketones (excluding diaryl/α,β-unsaturated/α-hetero) is 1. The third-order valence-corrected chi connectivity index (χ3v) is 6.33. The number of amides is 2. The van der Waals surface area contributed by atoms with E-state index in [0.29, 0.717) is 18.5 Å². The van der Waals surface area contributed by atoms with Crippen molar-refractivity contribution in [1.29, 1.82) is 0 Å². The van der Waals surface area contributed by atoms with Crippen molar-refractivity contribution in [3.05, 3.63) is 70.2 Å². The normalized spacial score (nSPS) is 18.8. The molecule has 0 aromatic heterocycles. The van der Waals surface area contributed by atoms with Gasteiger partial charge in [-0.2, -0.15) is 0 Å². The summed E-state index contributed by atoms with van der Waals surface area (Å²) < 4.78 is 6.34. The third-order valence-electron chi connectivity index (χ3n) is 5.80. The molecule has 1 aliphatic heterocycles. The lowest BCUT2D eigenvalue weighted by Gasteiger charge is -2.23. The summed E-state index contributed by atoms with van der Waals surface area (Å²) in [6.45, 7) is 0.593. The van der Waals surface area contributed by atoms with Gasteiger partial charge < -0.3 is 10.1 Å². The predicted molar refractivity (Wildman–Crippen MR) is 115 cm³/mol. The van der Waals surface area contributed by atoms with Gasteiger partial charge in [-0.25, -0.2) is 4.79 Å². The van der Waals surface area contributed by atoms with Crippen molar-refractivity contribution in [2.24, 2.45) is 5.41 Å². The molecule has 2 fully saturated rings.